The van der Waals surface area contributed by atoms with Gasteiger partial charge in [-0.2, -0.15) is 0 Å². The van der Waals surface area contributed by atoms with Crippen molar-refractivity contribution in [2.75, 3.05) is 27.3 Å². The lowest BCUT2D eigenvalue weighted by Crippen LogP contribution is -2.74. The fourth-order valence-corrected chi connectivity index (χ4v) is 8.18. The molecule has 7 rings (SSSR count). The molecule has 4 unspecified atom stereocenters. The zero-order valence-electron chi connectivity index (χ0n) is 19.2. The molecule has 1 spiro atoms. The second-order valence-corrected chi connectivity index (χ2v) is 11.0. The second-order valence-electron chi connectivity index (χ2n) is 11.0. The van der Waals surface area contributed by atoms with Crippen LogP contribution in [-0.2, 0) is 23.0 Å². The van der Waals surface area contributed by atoms with Crippen molar-refractivity contribution >= 4 is 0 Å². The standard InChI is InChI=1S/C28H33NO3/c1-29-14-13-28-20-16-27(12-6-9-18-7-4-3-5-8-18)17-31-25(27)26(28)32-24-22(30-2)11-10-19(23(24)28)15-21(20)29/h3-5,7-8,10-11,20-21,25-26H,6,9,12-17H2,1-2H3/t20?,21?,25-,26?,27-,28?/m1/s1. The zero-order valence-corrected chi connectivity index (χ0v) is 19.2. The average Bonchev–Trinajstić information content (AvgIpc) is 3.13. The van der Waals surface area contributed by atoms with E-state index in [1.54, 1.807) is 7.11 Å². The molecule has 0 radical (unpaired) electrons. The summed E-state index contributed by atoms with van der Waals surface area (Å²) in [4.78, 5) is 2.63. The summed E-state index contributed by atoms with van der Waals surface area (Å²) >= 11 is 0. The van der Waals surface area contributed by atoms with Crippen LogP contribution in [0.15, 0.2) is 42.5 Å². The van der Waals surface area contributed by atoms with Crippen LogP contribution in [0.2, 0.25) is 0 Å². The van der Waals surface area contributed by atoms with Gasteiger partial charge in [-0.1, -0.05) is 36.4 Å². The van der Waals surface area contributed by atoms with Gasteiger partial charge in [-0.3, -0.25) is 0 Å². The van der Waals surface area contributed by atoms with E-state index in [-0.39, 0.29) is 23.0 Å². The molecule has 0 amide bonds. The lowest BCUT2D eigenvalue weighted by Gasteiger charge is -2.66. The molecule has 2 aliphatic carbocycles. The number of likely N-dealkylation sites (tertiary alicyclic amines) is 1. The molecule has 2 aromatic rings. The summed E-state index contributed by atoms with van der Waals surface area (Å²) in [7, 11) is 4.11. The lowest BCUT2D eigenvalue weighted by molar-refractivity contribution is -0.279. The number of hydrogen-bond donors (Lipinski definition) is 0. The first-order valence-corrected chi connectivity index (χ1v) is 12.4. The summed E-state index contributed by atoms with van der Waals surface area (Å²) < 4.78 is 19.1. The van der Waals surface area contributed by atoms with Crippen LogP contribution in [0, 0.1) is 11.3 Å². The van der Waals surface area contributed by atoms with E-state index in [9.17, 15) is 0 Å². The second kappa shape index (κ2) is 6.74. The molecular weight excluding hydrogens is 398 g/mol. The monoisotopic (exact) mass is 431 g/mol. The summed E-state index contributed by atoms with van der Waals surface area (Å²) in [6.45, 7) is 2.04. The van der Waals surface area contributed by atoms with Crippen LogP contribution in [-0.4, -0.2) is 50.5 Å². The Bertz CT molecular complexity index is 1050. The van der Waals surface area contributed by atoms with Gasteiger partial charge in [-0.05, 0) is 75.2 Å². The number of piperidine rings is 1. The number of hydrogen-bond acceptors (Lipinski definition) is 4. The summed E-state index contributed by atoms with van der Waals surface area (Å²) in [6.07, 6.45) is 7.53. The Morgan fingerprint density at radius 3 is 2.78 bits per heavy atom. The third kappa shape index (κ3) is 2.35. The van der Waals surface area contributed by atoms with Gasteiger partial charge in [0.15, 0.2) is 11.5 Å². The highest BCUT2D eigenvalue weighted by Crippen LogP contribution is 2.69. The molecule has 32 heavy (non-hydrogen) atoms. The number of benzene rings is 2. The number of aryl methyl sites for hydroxylation is 1. The average molecular weight is 432 g/mol. The molecule has 0 N–H and O–H groups in total. The molecule has 2 saturated heterocycles. The fraction of sp³-hybridized carbons (Fsp3) is 0.571. The van der Waals surface area contributed by atoms with Crippen molar-refractivity contribution in [2.45, 2.75) is 62.2 Å². The maximum absolute atomic E-state index is 6.89. The molecule has 2 aromatic carbocycles. The number of rotatable bonds is 5. The van der Waals surface area contributed by atoms with E-state index >= 15 is 0 Å². The maximum atomic E-state index is 6.89. The van der Waals surface area contributed by atoms with E-state index in [2.05, 4.69) is 54.4 Å². The van der Waals surface area contributed by atoms with E-state index in [4.69, 9.17) is 14.2 Å². The highest BCUT2D eigenvalue weighted by molar-refractivity contribution is 5.61. The van der Waals surface area contributed by atoms with E-state index in [0.717, 1.165) is 37.5 Å². The van der Waals surface area contributed by atoms with Gasteiger partial charge in [0, 0.05) is 22.4 Å². The van der Waals surface area contributed by atoms with Crippen LogP contribution in [0.25, 0.3) is 0 Å². The molecule has 3 fully saturated rings. The molecule has 1 saturated carbocycles. The molecule has 5 aliphatic rings. The molecule has 168 valence electrons. The van der Waals surface area contributed by atoms with E-state index < -0.39 is 0 Å². The number of ether oxygens (including phenoxy) is 3. The van der Waals surface area contributed by atoms with Crippen molar-refractivity contribution in [3.8, 4) is 11.5 Å². The van der Waals surface area contributed by atoms with Crippen LogP contribution in [0.4, 0.5) is 0 Å². The van der Waals surface area contributed by atoms with Crippen LogP contribution in [0.3, 0.4) is 0 Å². The van der Waals surface area contributed by atoms with Crippen LogP contribution in [0.1, 0.15) is 42.4 Å². The number of likely N-dealkylation sites (N-methyl/N-ethyl adjacent to an activating group) is 1. The van der Waals surface area contributed by atoms with Crippen molar-refractivity contribution in [1.29, 1.82) is 0 Å². The quantitative estimate of drug-likeness (QED) is 0.703. The molecule has 4 nitrogen and oxygen atoms in total. The van der Waals surface area contributed by atoms with Gasteiger partial charge >= 0.3 is 0 Å². The minimum Gasteiger partial charge on any atom is -0.493 e. The smallest absolute Gasteiger partial charge is 0.165 e. The maximum Gasteiger partial charge on any atom is 0.165 e. The predicted molar refractivity (Wildman–Crippen MR) is 123 cm³/mol. The van der Waals surface area contributed by atoms with E-state index in [0.29, 0.717) is 12.0 Å². The van der Waals surface area contributed by atoms with Crippen molar-refractivity contribution in [1.82, 2.24) is 4.90 Å². The minimum absolute atomic E-state index is 0.0999. The summed E-state index contributed by atoms with van der Waals surface area (Å²) in [5, 5.41) is 0. The van der Waals surface area contributed by atoms with Crippen molar-refractivity contribution in [2.24, 2.45) is 11.3 Å². The summed E-state index contributed by atoms with van der Waals surface area (Å²) in [5.41, 5.74) is 4.76. The normalized spacial score (nSPS) is 38.3. The number of methoxy groups -OCH3 is 1. The molecule has 3 heterocycles. The molecule has 2 bridgehead atoms. The van der Waals surface area contributed by atoms with Gasteiger partial charge in [-0.15, -0.1) is 0 Å². The minimum atomic E-state index is 0.0999. The third-order valence-corrected chi connectivity index (χ3v) is 9.68. The Kier molecular flexibility index (Phi) is 4.09. The van der Waals surface area contributed by atoms with Gasteiger partial charge < -0.3 is 19.1 Å². The Labute approximate surface area is 190 Å². The first kappa shape index (κ1) is 19.4. The molecule has 6 atom stereocenters. The van der Waals surface area contributed by atoms with Crippen LogP contribution in [0.5, 0.6) is 11.5 Å². The summed E-state index contributed by atoms with van der Waals surface area (Å²) in [6, 6.07) is 16.0. The molecule has 3 aliphatic heterocycles. The van der Waals surface area contributed by atoms with Gasteiger partial charge in [0.05, 0.1) is 13.7 Å². The zero-order chi connectivity index (χ0) is 21.5. The largest absolute Gasteiger partial charge is 0.493 e. The van der Waals surface area contributed by atoms with Gasteiger partial charge in [-0.25, -0.2) is 0 Å². The van der Waals surface area contributed by atoms with E-state index in [1.165, 1.54) is 42.4 Å². The Morgan fingerprint density at radius 2 is 2.00 bits per heavy atom. The van der Waals surface area contributed by atoms with Gasteiger partial charge in [0.25, 0.3) is 0 Å². The Hall–Kier alpha value is -2.04. The highest BCUT2D eigenvalue weighted by Gasteiger charge is 2.73. The van der Waals surface area contributed by atoms with Gasteiger partial charge in [0.1, 0.15) is 12.2 Å². The van der Waals surface area contributed by atoms with Crippen molar-refractivity contribution in [3.05, 3.63) is 59.2 Å². The number of nitrogens with zero attached hydrogens (tertiary/aromatic N) is 1. The van der Waals surface area contributed by atoms with Gasteiger partial charge in [0.2, 0.25) is 0 Å². The molecule has 4 heteroatoms. The van der Waals surface area contributed by atoms with Crippen molar-refractivity contribution in [3.63, 3.8) is 0 Å². The number of fused-ring (bicyclic) bond motifs is 2. The first-order chi connectivity index (χ1) is 15.7. The third-order valence-electron chi connectivity index (χ3n) is 9.68. The fourth-order valence-electron chi connectivity index (χ4n) is 8.18. The first-order valence-electron chi connectivity index (χ1n) is 12.4. The SMILES string of the molecule is COc1ccc2c3c1OC1[C@H]4OC[C@@]4(CCCc4ccccc4)CC4C(C2)N(C)CCC341. The van der Waals surface area contributed by atoms with Crippen LogP contribution >= 0.6 is 0 Å². The summed E-state index contributed by atoms with van der Waals surface area (Å²) in [5.74, 6) is 2.57. The molecule has 0 aromatic heterocycles. The topological polar surface area (TPSA) is 30.9 Å². The van der Waals surface area contributed by atoms with E-state index in [1.807, 2.05) is 0 Å². The predicted octanol–water partition coefficient (Wildman–Crippen LogP) is 4.38. The lowest BCUT2D eigenvalue weighted by atomic mass is 9.45. The molecular formula is C28H33NO3. The Balaban J connectivity index is 1.26. The van der Waals surface area contributed by atoms with Crippen LogP contribution < -0.4 is 9.47 Å². The van der Waals surface area contributed by atoms with Crippen molar-refractivity contribution < 1.29 is 14.2 Å². The Morgan fingerprint density at radius 1 is 1.12 bits per heavy atom. The highest BCUT2D eigenvalue weighted by atomic mass is 16.6.